The fourth-order valence-electron chi connectivity index (χ4n) is 5.91. The number of hydrogen-bond donors (Lipinski definition) is 2. The summed E-state index contributed by atoms with van der Waals surface area (Å²) in [4.78, 5) is 29.9. The van der Waals surface area contributed by atoms with E-state index in [0.717, 1.165) is 71.7 Å². The zero-order valence-corrected chi connectivity index (χ0v) is 28.7. The maximum absolute atomic E-state index is 13.9. The van der Waals surface area contributed by atoms with Gasteiger partial charge in [-0.2, -0.15) is 0 Å². The number of carbonyl (C=O) groups is 2. The molecule has 1 fully saturated rings. The summed E-state index contributed by atoms with van der Waals surface area (Å²) in [5, 5.41) is 6.83. The molecule has 1 unspecified atom stereocenters. The number of unbranched alkanes of at least 4 members (excludes halogenated alkanes) is 2. The monoisotopic (exact) mass is 620 g/mol. The fraction of sp³-hybridized carbons (Fsp3) is 0.400. The molecule has 2 aromatic rings. The second-order valence-corrected chi connectivity index (χ2v) is 12.8. The highest BCUT2D eigenvalue weighted by Crippen LogP contribution is 2.34. The molecule has 0 radical (unpaired) electrons. The Morgan fingerprint density at radius 2 is 1.70 bits per heavy atom. The quantitative estimate of drug-likeness (QED) is 0.154. The summed E-state index contributed by atoms with van der Waals surface area (Å²) in [6.07, 6.45) is 15.1. The molecule has 2 N–H and O–H groups in total. The zero-order chi connectivity index (χ0) is 33.2. The van der Waals surface area contributed by atoms with Crippen LogP contribution in [0, 0.1) is 5.92 Å². The summed E-state index contributed by atoms with van der Waals surface area (Å²) in [5.74, 6) is 1.45. The van der Waals surface area contributed by atoms with Gasteiger partial charge in [0.2, 0.25) is 0 Å². The van der Waals surface area contributed by atoms with Gasteiger partial charge >= 0.3 is 0 Å². The lowest BCUT2D eigenvalue weighted by Crippen LogP contribution is -2.23. The third kappa shape index (κ3) is 8.68. The molecule has 1 saturated carbocycles. The van der Waals surface area contributed by atoms with Crippen LogP contribution in [0.15, 0.2) is 102 Å². The first-order valence-electron chi connectivity index (χ1n) is 16.8. The van der Waals surface area contributed by atoms with Gasteiger partial charge in [-0.1, -0.05) is 51.1 Å². The molecular weight excluding hydrogens is 568 g/mol. The molecule has 0 spiro atoms. The molecule has 0 saturated heterocycles. The summed E-state index contributed by atoms with van der Waals surface area (Å²) in [7, 11) is 5.49. The second-order valence-electron chi connectivity index (χ2n) is 12.8. The largest absolute Gasteiger partial charge is 0.375 e. The van der Waals surface area contributed by atoms with Crippen LogP contribution >= 0.6 is 0 Å². The van der Waals surface area contributed by atoms with E-state index < -0.39 is 0 Å². The third-order valence-corrected chi connectivity index (χ3v) is 9.07. The Morgan fingerprint density at radius 1 is 1.00 bits per heavy atom. The van der Waals surface area contributed by atoms with Gasteiger partial charge in [0.15, 0.2) is 5.78 Å². The van der Waals surface area contributed by atoms with E-state index >= 15 is 0 Å². The Kier molecular flexibility index (Phi) is 12.2. The van der Waals surface area contributed by atoms with Crippen LogP contribution in [-0.4, -0.2) is 42.6 Å². The van der Waals surface area contributed by atoms with Crippen LogP contribution in [-0.2, 0) is 11.2 Å². The molecule has 2 aromatic carbocycles. The van der Waals surface area contributed by atoms with Crippen molar-refractivity contribution in [1.29, 1.82) is 0 Å². The first kappa shape index (κ1) is 34.6. The van der Waals surface area contributed by atoms with Crippen LogP contribution in [0.3, 0.4) is 0 Å². The van der Waals surface area contributed by atoms with Gasteiger partial charge in [0.05, 0.1) is 5.70 Å². The SMILES string of the molecule is C=C(C)N1C=CC(c2ccc(C(=O)N(C)C)cc2)=C/C1=C(\C(=O)CCCCCc1ccc(NC(NC)=C2CCC2)cc1)C(C)CC. The number of aryl methyl sites for hydroxylation is 1. The van der Waals surface area contributed by atoms with Gasteiger partial charge in [-0.05, 0) is 116 Å². The van der Waals surface area contributed by atoms with Gasteiger partial charge in [-0.3, -0.25) is 9.59 Å². The van der Waals surface area contributed by atoms with E-state index in [0.29, 0.717) is 12.0 Å². The Morgan fingerprint density at radius 3 is 2.26 bits per heavy atom. The van der Waals surface area contributed by atoms with Gasteiger partial charge in [0.25, 0.3) is 5.91 Å². The lowest BCUT2D eigenvalue weighted by Gasteiger charge is -2.30. The van der Waals surface area contributed by atoms with Crippen molar-refractivity contribution >= 4 is 23.0 Å². The number of nitrogens with one attached hydrogen (secondary N) is 2. The summed E-state index contributed by atoms with van der Waals surface area (Å²) in [6, 6.07) is 16.4. The molecule has 1 amide bonds. The highest BCUT2D eigenvalue weighted by atomic mass is 16.2. The summed E-state index contributed by atoms with van der Waals surface area (Å²) in [5.41, 5.74) is 9.21. The lowest BCUT2D eigenvalue weighted by molar-refractivity contribution is -0.116. The summed E-state index contributed by atoms with van der Waals surface area (Å²) >= 11 is 0. The number of Topliss-reactive ketones (excluding diaryl/α,β-unsaturated/α-hetero) is 1. The maximum Gasteiger partial charge on any atom is 0.253 e. The van der Waals surface area contributed by atoms with Crippen molar-refractivity contribution in [2.24, 2.45) is 5.92 Å². The van der Waals surface area contributed by atoms with Crippen molar-refractivity contribution in [2.45, 2.75) is 78.6 Å². The molecule has 0 bridgehead atoms. The molecule has 244 valence electrons. The molecule has 4 rings (SSSR count). The Hall–Kier alpha value is -4.32. The maximum atomic E-state index is 13.9. The molecule has 6 nitrogen and oxygen atoms in total. The first-order valence-corrected chi connectivity index (χ1v) is 16.8. The smallest absolute Gasteiger partial charge is 0.253 e. The average Bonchev–Trinajstić information content (AvgIpc) is 3.03. The minimum Gasteiger partial charge on any atom is -0.375 e. The minimum absolute atomic E-state index is 0.0237. The molecule has 6 heteroatoms. The van der Waals surface area contributed by atoms with E-state index in [9.17, 15) is 9.59 Å². The van der Waals surface area contributed by atoms with Crippen LogP contribution < -0.4 is 10.6 Å². The van der Waals surface area contributed by atoms with E-state index in [4.69, 9.17) is 0 Å². The molecule has 2 aliphatic rings. The van der Waals surface area contributed by atoms with Crippen LogP contribution in [0.4, 0.5) is 5.69 Å². The van der Waals surface area contributed by atoms with Crippen molar-refractivity contribution in [2.75, 3.05) is 26.5 Å². The Bertz CT molecular complexity index is 1520. The number of hydrogen-bond acceptors (Lipinski definition) is 5. The molecule has 1 heterocycles. The van der Waals surface area contributed by atoms with Gasteiger partial charge in [-0.25, -0.2) is 0 Å². The number of carbonyl (C=O) groups excluding carboxylic acids is 2. The lowest BCUT2D eigenvalue weighted by atomic mass is 9.88. The molecule has 1 aliphatic carbocycles. The molecule has 46 heavy (non-hydrogen) atoms. The van der Waals surface area contributed by atoms with E-state index in [2.05, 4.69) is 61.4 Å². The minimum atomic E-state index is -0.0237. The predicted molar refractivity (Wildman–Crippen MR) is 192 cm³/mol. The van der Waals surface area contributed by atoms with E-state index in [1.807, 2.05) is 55.4 Å². The summed E-state index contributed by atoms with van der Waals surface area (Å²) < 4.78 is 0. The third-order valence-electron chi connectivity index (χ3n) is 9.07. The van der Waals surface area contributed by atoms with Crippen molar-refractivity contribution in [3.63, 3.8) is 0 Å². The number of anilines is 1. The van der Waals surface area contributed by atoms with E-state index in [1.165, 1.54) is 30.4 Å². The second kappa shape index (κ2) is 16.3. The van der Waals surface area contributed by atoms with Gasteiger partial charge in [0.1, 0.15) is 5.82 Å². The van der Waals surface area contributed by atoms with Crippen LogP contribution in [0.5, 0.6) is 0 Å². The van der Waals surface area contributed by atoms with Crippen LogP contribution in [0.2, 0.25) is 0 Å². The molecule has 1 aliphatic heterocycles. The number of benzene rings is 2. The number of nitrogens with zero attached hydrogens (tertiary/aromatic N) is 2. The zero-order valence-electron chi connectivity index (χ0n) is 28.7. The summed E-state index contributed by atoms with van der Waals surface area (Å²) in [6.45, 7) is 10.5. The normalized spacial score (nSPS) is 15.8. The van der Waals surface area contributed by atoms with Crippen molar-refractivity contribution in [3.8, 4) is 0 Å². The number of ketones is 1. The Labute approximate surface area is 276 Å². The number of amides is 1. The topological polar surface area (TPSA) is 64.7 Å². The molecule has 0 aromatic heterocycles. The van der Waals surface area contributed by atoms with Crippen molar-refractivity contribution < 1.29 is 9.59 Å². The Balaban J connectivity index is 1.41. The van der Waals surface area contributed by atoms with Gasteiger partial charge in [-0.15, -0.1) is 0 Å². The number of rotatable bonds is 15. The number of allylic oxidation sites excluding steroid dienone is 6. The van der Waals surface area contributed by atoms with Gasteiger partial charge in [0, 0.05) is 56.3 Å². The fourth-order valence-corrected chi connectivity index (χ4v) is 5.91. The van der Waals surface area contributed by atoms with Crippen LogP contribution in [0.1, 0.15) is 93.6 Å². The predicted octanol–water partition coefficient (Wildman–Crippen LogP) is 8.83. The van der Waals surface area contributed by atoms with E-state index in [1.54, 1.807) is 19.0 Å². The average molecular weight is 621 g/mol. The van der Waals surface area contributed by atoms with Gasteiger partial charge < -0.3 is 20.4 Å². The van der Waals surface area contributed by atoms with E-state index in [-0.39, 0.29) is 17.6 Å². The first-order chi connectivity index (χ1) is 22.1. The highest BCUT2D eigenvalue weighted by molar-refractivity contribution is 5.98. The molecular formula is C40H52N4O2. The van der Waals surface area contributed by atoms with Crippen molar-refractivity contribution in [1.82, 2.24) is 15.1 Å². The van der Waals surface area contributed by atoms with Crippen LogP contribution in [0.25, 0.3) is 5.57 Å². The standard InChI is InChI=1S/C40H52N4O2/c1-8-29(4)38(36-27-34(25-26-44(36)28(2)3)31-19-21-33(22-20-31)40(46)43(6)7)37(45)16-11-9-10-13-30-17-23-35(24-18-30)42-39(41-5)32-14-12-15-32/h17-27,29,41-42H,2,8-16H2,1,3-7H3/b38-36+. The molecule has 1 atom stereocenters. The highest BCUT2D eigenvalue weighted by Gasteiger charge is 2.25. The van der Waals surface area contributed by atoms with Crippen molar-refractivity contribution in [3.05, 3.63) is 119 Å².